The number of hydrogen-bond acceptors (Lipinski definition) is 5. The average Bonchev–Trinajstić information content (AvgIpc) is 2.51. The largest absolute Gasteiger partial charge is 0.507 e. The number of piperidine rings is 1. The van der Waals surface area contributed by atoms with Crippen molar-refractivity contribution in [2.24, 2.45) is 0 Å². The van der Waals surface area contributed by atoms with E-state index in [-0.39, 0.29) is 5.75 Å². The molecule has 0 unspecified atom stereocenters. The first kappa shape index (κ1) is 14.9. The second-order valence-electron chi connectivity index (χ2n) is 5.77. The van der Waals surface area contributed by atoms with Crippen LogP contribution in [-0.4, -0.2) is 36.2 Å². The van der Waals surface area contributed by atoms with Crippen LogP contribution in [0.5, 0.6) is 11.5 Å². The van der Waals surface area contributed by atoms with E-state index in [4.69, 9.17) is 9.15 Å². The van der Waals surface area contributed by atoms with E-state index in [2.05, 4.69) is 4.90 Å². The fourth-order valence-electron chi connectivity index (χ4n) is 2.95. The van der Waals surface area contributed by atoms with Gasteiger partial charge in [-0.1, -0.05) is 6.42 Å². The molecule has 1 aliphatic heterocycles. The molecule has 1 aromatic carbocycles. The Hall–Kier alpha value is -2.01. The van der Waals surface area contributed by atoms with Gasteiger partial charge in [0.25, 0.3) is 0 Å². The van der Waals surface area contributed by atoms with Crippen molar-refractivity contribution in [3.63, 3.8) is 0 Å². The highest BCUT2D eigenvalue weighted by Gasteiger charge is 2.13. The topological polar surface area (TPSA) is 62.9 Å². The van der Waals surface area contributed by atoms with Gasteiger partial charge in [-0.2, -0.15) is 0 Å². The maximum Gasteiger partial charge on any atom is 0.339 e. The summed E-state index contributed by atoms with van der Waals surface area (Å²) in [5.74, 6) is 0.632. The number of aromatic hydroxyl groups is 1. The van der Waals surface area contributed by atoms with Crippen molar-refractivity contribution in [2.75, 3.05) is 26.2 Å². The lowest BCUT2D eigenvalue weighted by Crippen LogP contribution is -2.33. The molecule has 1 aliphatic rings. The zero-order valence-corrected chi connectivity index (χ0v) is 12.8. The molecule has 2 aromatic rings. The molecule has 1 aromatic heterocycles. The van der Waals surface area contributed by atoms with Gasteiger partial charge < -0.3 is 14.3 Å². The molecule has 0 saturated carbocycles. The zero-order valence-electron chi connectivity index (χ0n) is 12.8. The predicted octanol–water partition coefficient (Wildman–Crippen LogP) is 2.67. The molecular weight excluding hydrogens is 282 g/mol. The van der Waals surface area contributed by atoms with Crippen molar-refractivity contribution >= 4 is 11.0 Å². The highest BCUT2D eigenvalue weighted by atomic mass is 16.5. The van der Waals surface area contributed by atoms with E-state index < -0.39 is 5.63 Å². The smallest absolute Gasteiger partial charge is 0.339 e. The number of nitrogens with zero attached hydrogens (tertiary/aromatic N) is 1. The predicted molar refractivity (Wildman–Crippen MR) is 84.7 cm³/mol. The van der Waals surface area contributed by atoms with Crippen molar-refractivity contribution < 1.29 is 14.3 Å². The maximum atomic E-state index is 11.4. The third-order valence-electron chi connectivity index (χ3n) is 4.20. The van der Waals surface area contributed by atoms with E-state index in [1.807, 2.05) is 13.0 Å². The Bertz CT molecular complexity index is 716. The van der Waals surface area contributed by atoms with Gasteiger partial charge in [0.2, 0.25) is 0 Å². The first-order chi connectivity index (χ1) is 10.6. The Morgan fingerprint density at radius 2 is 2.05 bits per heavy atom. The summed E-state index contributed by atoms with van der Waals surface area (Å²) in [5.41, 5.74) is 0.572. The number of ether oxygens (including phenoxy) is 1. The van der Waals surface area contributed by atoms with E-state index in [0.717, 1.165) is 31.3 Å². The Morgan fingerprint density at radius 3 is 2.82 bits per heavy atom. The third kappa shape index (κ3) is 3.09. The summed E-state index contributed by atoms with van der Waals surface area (Å²) >= 11 is 0. The van der Waals surface area contributed by atoms with Gasteiger partial charge in [-0.3, -0.25) is 4.90 Å². The van der Waals surface area contributed by atoms with Crippen LogP contribution in [-0.2, 0) is 0 Å². The summed E-state index contributed by atoms with van der Waals surface area (Å²) in [6.45, 7) is 5.63. The second-order valence-corrected chi connectivity index (χ2v) is 5.77. The molecule has 0 radical (unpaired) electrons. The lowest BCUT2D eigenvalue weighted by atomic mass is 10.1. The van der Waals surface area contributed by atoms with E-state index in [1.54, 1.807) is 6.07 Å². The number of likely N-dealkylation sites (tertiary alicyclic amines) is 1. The monoisotopic (exact) mass is 303 g/mol. The van der Waals surface area contributed by atoms with Gasteiger partial charge in [0.1, 0.15) is 23.7 Å². The van der Waals surface area contributed by atoms with Gasteiger partial charge in [0, 0.05) is 12.1 Å². The summed E-state index contributed by atoms with van der Waals surface area (Å²) < 4.78 is 11.0. The standard InChI is InChI=1S/C17H21NO4/c1-12-15(21-10-9-18-7-3-2-4-8-18)6-5-13-14(19)11-16(20)22-17(12)13/h5-6,11,19H,2-4,7-10H2,1H3. The highest BCUT2D eigenvalue weighted by Crippen LogP contribution is 2.30. The van der Waals surface area contributed by atoms with Crippen LogP contribution in [0.25, 0.3) is 11.0 Å². The number of benzene rings is 1. The van der Waals surface area contributed by atoms with E-state index >= 15 is 0 Å². The molecule has 0 amide bonds. The van der Waals surface area contributed by atoms with Crippen molar-refractivity contribution in [1.29, 1.82) is 0 Å². The molecule has 0 aliphatic carbocycles. The average molecular weight is 303 g/mol. The lowest BCUT2D eigenvalue weighted by molar-refractivity contribution is 0.183. The second kappa shape index (κ2) is 6.40. The van der Waals surface area contributed by atoms with Gasteiger partial charge in [-0.25, -0.2) is 4.79 Å². The summed E-state index contributed by atoms with van der Waals surface area (Å²) in [6, 6.07) is 4.61. The minimum atomic E-state index is -0.557. The molecule has 1 N–H and O–H groups in total. The van der Waals surface area contributed by atoms with Crippen LogP contribution >= 0.6 is 0 Å². The minimum absolute atomic E-state index is 0.0609. The van der Waals surface area contributed by atoms with E-state index in [0.29, 0.717) is 23.3 Å². The van der Waals surface area contributed by atoms with Gasteiger partial charge in [0.05, 0.1) is 11.5 Å². The highest BCUT2D eigenvalue weighted by molar-refractivity contribution is 5.86. The third-order valence-corrected chi connectivity index (χ3v) is 4.20. The molecule has 5 heteroatoms. The summed E-state index contributed by atoms with van der Waals surface area (Å²) in [7, 11) is 0. The van der Waals surface area contributed by atoms with Crippen molar-refractivity contribution in [3.05, 3.63) is 34.2 Å². The fourth-order valence-corrected chi connectivity index (χ4v) is 2.95. The molecule has 0 bridgehead atoms. The molecule has 0 atom stereocenters. The van der Waals surface area contributed by atoms with Gasteiger partial charge in [-0.05, 0) is 45.0 Å². The van der Waals surface area contributed by atoms with Crippen LogP contribution in [0, 0.1) is 6.92 Å². The van der Waals surface area contributed by atoms with Crippen LogP contribution in [0.15, 0.2) is 27.4 Å². The Labute approximate surface area is 129 Å². The first-order valence-electron chi connectivity index (χ1n) is 7.77. The van der Waals surface area contributed by atoms with Gasteiger partial charge in [0.15, 0.2) is 0 Å². The fraction of sp³-hybridized carbons (Fsp3) is 0.471. The molecule has 22 heavy (non-hydrogen) atoms. The summed E-state index contributed by atoms with van der Waals surface area (Å²) in [5, 5.41) is 10.3. The van der Waals surface area contributed by atoms with Crippen LogP contribution in [0.2, 0.25) is 0 Å². The molecule has 3 rings (SSSR count). The van der Waals surface area contributed by atoms with Crippen LogP contribution in [0.3, 0.4) is 0 Å². The van der Waals surface area contributed by atoms with Crippen LogP contribution in [0.4, 0.5) is 0 Å². The quantitative estimate of drug-likeness (QED) is 0.880. The summed E-state index contributed by atoms with van der Waals surface area (Å²) in [6.07, 6.45) is 3.85. The number of aryl methyl sites for hydroxylation is 1. The molecule has 118 valence electrons. The molecule has 0 spiro atoms. The number of rotatable bonds is 4. The lowest BCUT2D eigenvalue weighted by Gasteiger charge is -2.26. The molecule has 1 saturated heterocycles. The van der Waals surface area contributed by atoms with Crippen LogP contribution in [0.1, 0.15) is 24.8 Å². The normalized spacial score (nSPS) is 16.0. The van der Waals surface area contributed by atoms with Crippen molar-refractivity contribution in [2.45, 2.75) is 26.2 Å². The zero-order chi connectivity index (χ0) is 15.5. The number of hydrogen-bond donors (Lipinski definition) is 1. The Morgan fingerprint density at radius 1 is 1.27 bits per heavy atom. The summed E-state index contributed by atoms with van der Waals surface area (Å²) in [4.78, 5) is 13.8. The molecular formula is C17H21NO4. The minimum Gasteiger partial charge on any atom is -0.507 e. The Kier molecular flexibility index (Phi) is 4.34. The SMILES string of the molecule is Cc1c(OCCN2CCCCC2)ccc2c(O)cc(=O)oc12. The maximum absolute atomic E-state index is 11.4. The van der Waals surface area contributed by atoms with Gasteiger partial charge in [-0.15, -0.1) is 0 Å². The van der Waals surface area contributed by atoms with Crippen molar-refractivity contribution in [3.8, 4) is 11.5 Å². The first-order valence-corrected chi connectivity index (χ1v) is 7.77. The molecule has 2 heterocycles. The van der Waals surface area contributed by atoms with Gasteiger partial charge >= 0.3 is 5.63 Å². The van der Waals surface area contributed by atoms with Crippen LogP contribution < -0.4 is 10.4 Å². The Balaban J connectivity index is 1.74. The van der Waals surface area contributed by atoms with Crippen molar-refractivity contribution in [1.82, 2.24) is 4.90 Å². The van der Waals surface area contributed by atoms with E-state index in [9.17, 15) is 9.90 Å². The molecule has 5 nitrogen and oxygen atoms in total. The number of fused-ring (bicyclic) bond motifs is 1. The van der Waals surface area contributed by atoms with E-state index in [1.165, 1.54) is 19.3 Å². The molecule has 1 fully saturated rings.